The van der Waals surface area contributed by atoms with Crippen molar-refractivity contribution in [3.8, 4) is 5.69 Å². The number of rotatable bonds is 5. The number of aromatic nitrogens is 2. The summed E-state index contributed by atoms with van der Waals surface area (Å²) < 4.78 is 7.67. The lowest BCUT2D eigenvalue weighted by Crippen LogP contribution is -2.42. The summed E-state index contributed by atoms with van der Waals surface area (Å²) in [6.45, 7) is 4.32. The lowest BCUT2D eigenvalue weighted by atomic mass is 10.1. The molecule has 3 aromatic rings. The second kappa shape index (κ2) is 7.38. The number of hydrogen-bond acceptors (Lipinski definition) is 5. The molecule has 4 rings (SSSR count). The number of aryl methyl sites for hydroxylation is 2. The highest BCUT2D eigenvalue weighted by Gasteiger charge is 2.31. The first-order valence-corrected chi connectivity index (χ1v) is 9.05. The van der Waals surface area contributed by atoms with Crippen LogP contribution in [0.25, 0.3) is 5.69 Å². The van der Waals surface area contributed by atoms with E-state index in [1.54, 1.807) is 6.20 Å². The standard InChI is InChI=1S/C20H23N5O2/c1-13-7-8-19(27-13)16-11-17(24-23-16)20(26)22-12-15-5-3-4-6-18(15)25-10-9-21-14(25)2/h3-10,16-17,23-24H,11-12H2,1-2H3,(H,22,26). The topological polar surface area (TPSA) is 84.1 Å². The molecule has 0 saturated carbocycles. The van der Waals surface area contributed by atoms with Gasteiger partial charge < -0.3 is 14.3 Å². The van der Waals surface area contributed by atoms with E-state index in [9.17, 15) is 4.79 Å². The molecule has 1 saturated heterocycles. The van der Waals surface area contributed by atoms with Gasteiger partial charge in [-0.25, -0.2) is 15.8 Å². The molecular formula is C20H23N5O2. The maximum absolute atomic E-state index is 12.6. The number of nitrogens with zero attached hydrogens (tertiary/aromatic N) is 2. The molecule has 7 heteroatoms. The molecule has 3 N–H and O–H groups in total. The molecular weight excluding hydrogens is 342 g/mol. The Labute approximate surface area is 157 Å². The molecule has 0 radical (unpaired) electrons. The van der Waals surface area contributed by atoms with Crippen LogP contribution < -0.4 is 16.2 Å². The summed E-state index contributed by atoms with van der Waals surface area (Å²) in [5.41, 5.74) is 8.26. The van der Waals surface area contributed by atoms with Crippen LogP contribution in [-0.2, 0) is 11.3 Å². The SMILES string of the molecule is Cc1ccc(C2CC(C(=O)NCc3ccccc3-n3ccnc3C)NN2)o1. The maximum Gasteiger partial charge on any atom is 0.238 e. The van der Waals surface area contributed by atoms with Crippen molar-refractivity contribution in [2.45, 2.75) is 38.9 Å². The van der Waals surface area contributed by atoms with Gasteiger partial charge in [-0.15, -0.1) is 0 Å². The Balaban J connectivity index is 1.40. The van der Waals surface area contributed by atoms with Crippen molar-refractivity contribution in [1.29, 1.82) is 0 Å². The van der Waals surface area contributed by atoms with Crippen LogP contribution in [0, 0.1) is 13.8 Å². The lowest BCUT2D eigenvalue weighted by Gasteiger charge is -2.14. The molecule has 2 unspecified atom stereocenters. The zero-order valence-corrected chi connectivity index (χ0v) is 15.4. The number of amides is 1. The number of imidazole rings is 1. The zero-order chi connectivity index (χ0) is 18.8. The summed E-state index contributed by atoms with van der Waals surface area (Å²) >= 11 is 0. The molecule has 1 amide bonds. The average Bonchev–Trinajstić information content (AvgIpc) is 3.40. The fourth-order valence-electron chi connectivity index (χ4n) is 3.39. The van der Waals surface area contributed by atoms with Gasteiger partial charge in [0.05, 0.1) is 11.7 Å². The van der Waals surface area contributed by atoms with Gasteiger partial charge in [-0.2, -0.15) is 0 Å². The highest BCUT2D eigenvalue weighted by molar-refractivity contribution is 5.82. The monoisotopic (exact) mass is 365 g/mol. The zero-order valence-electron chi connectivity index (χ0n) is 15.4. The van der Waals surface area contributed by atoms with Gasteiger partial charge in [-0.3, -0.25) is 4.79 Å². The number of carbonyl (C=O) groups excluding carboxylic acids is 1. The Morgan fingerprint density at radius 1 is 1.26 bits per heavy atom. The second-order valence-corrected chi connectivity index (χ2v) is 6.77. The summed E-state index contributed by atoms with van der Waals surface area (Å²) in [5.74, 6) is 2.58. The molecule has 1 aromatic carbocycles. The van der Waals surface area contributed by atoms with E-state index < -0.39 is 0 Å². The van der Waals surface area contributed by atoms with Crippen LogP contribution in [0.5, 0.6) is 0 Å². The van der Waals surface area contributed by atoms with Crippen molar-refractivity contribution >= 4 is 5.91 Å². The molecule has 2 atom stereocenters. The highest BCUT2D eigenvalue weighted by Crippen LogP contribution is 2.24. The minimum Gasteiger partial charge on any atom is -0.465 e. The Bertz CT molecular complexity index is 945. The van der Waals surface area contributed by atoms with E-state index in [0.29, 0.717) is 13.0 Å². The molecule has 0 spiro atoms. The largest absolute Gasteiger partial charge is 0.465 e. The van der Waals surface area contributed by atoms with Crippen molar-refractivity contribution in [2.75, 3.05) is 0 Å². The van der Waals surface area contributed by atoms with Crippen molar-refractivity contribution < 1.29 is 9.21 Å². The minimum absolute atomic E-state index is 0.00432. The van der Waals surface area contributed by atoms with Gasteiger partial charge in [-0.05, 0) is 44.0 Å². The van der Waals surface area contributed by atoms with Crippen LogP contribution in [0.2, 0.25) is 0 Å². The minimum atomic E-state index is -0.303. The maximum atomic E-state index is 12.6. The average molecular weight is 365 g/mol. The normalized spacial score (nSPS) is 19.3. The molecule has 1 aliphatic heterocycles. The van der Waals surface area contributed by atoms with Gasteiger partial charge in [0.15, 0.2) is 0 Å². The van der Waals surface area contributed by atoms with Crippen molar-refractivity contribution in [2.24, 2.45) is 0 Å². The van der Waals surface area contributed by atoms with Gasteiger partial charge in [0.25, 0.3) is 0 Å². The molecule has 1 aliphatic rings. The van der Waals surface area contributed by atoms with Crippen molar-refractivity contribution in [1.82, 2.24) is 25.7 Å². The molecule has 3 heterocycles. The summed E-state index contributed by atoms with van der Waals surface area (Å²) in [4.78, 5) is 16.9. The van der Waals surface area contributed by atoms with E-state index in [1.807, 2.05) is 61.0 Å². The summed E-state index contributed by atoms with van der Waals surface area (Å²) in [7, 11) is 0. The Hall–Kier alpha value is -2.90. The second-order valence-electron chi connectivity index (χ2n) is 6.77. The fourth-order valence-corrected chi connectivity index (χ4v) is 3.39. The Morgan fingerprint density at radius 2 is 2.11 bits per heavy atom. The third kappa shape index (κ3) is 3.65. The number of carbonyl (C=O) groups is 1. The van der Waals surface area contributed by atoms with Gasteiger partial charge in [-0.1, -0.05) is 18.2 Å². The van der Waals surface area contributed by atoms with Crippen LogP contribution in [0.3, 0.4) is 0 Å². The van der Waals surface area contributed by atoms with E-state index in [4.69, 9.17) is 4.42 Å². The van der Waals surface area contributed by atoms with Crippen LogP contribution in [0.15, 0.2) is 53.2 Å². The lowest BCUT2D eigenvalue weighted by molar-refractivity contribution is -0.123. The molecule has 1 fully saturated rings. The number of hydrogen-bond donors (Lipinski definition) is 3. The molecule has 140 valence electrons. The third-order valence-electron chi connectivity index (χ3n) is 4.85. The molecule has 0 bridgehead atoms. The van der Waals surface area contributed by atoms with Crippen molar-refractivity contribution in [3.63, 3.8) is 0 Å². The van der Waals surface area contributed by atoms with Crippen LogP contribution in [-0.4, -0.2) is 21.5 Å². The Kier molecular flexibility index (Phi) is 4.79. The first-order chi connectivity index (χ1) is 13.1. The van der Waals surface area contributed by atoms with Gasteiger partial charge >= 0.3 is 0 Å². The van der Waals surface area contributed by atoms with E-state index in [-0.39, 0.29) is 18.0 Å². The Morgan fingerprint density at radius 3 is 2.85 bits per heavy atom. The first kappa shape index (κ1) is 17.5. The number of nitrogens with one attached hydrogen (secondary N) is 3. The van der Waals surface area contributed by atoms with Crippen molar-refractivity contribution in [3.05, 3.63) is 71.7 Å². The van der Waals surface area contributed by atoms with Gasteiger partial charge in [0, 0.05) is 18.9 Å². The molecule has 7 nitrogen and oxygen atoms in total. The van der Waals surface area contributed by atoms with E-state index in [1.165, 1.54) is 0 Å². The predicted molar refractivity (Wildman–Crippen MR) is 101 cm³/mol. The van der Waals surface area contributed by atoms with Gasteiger partial charge in [0.1, 0.15) is 23.4 Å². The number of furan rings is 1. The van der Waals surface area contributed by atoms with Crippen LogP contribution in [0.1, 0.15) is 35.4 Å². The van der Waals surface area contributed by atoms with E-state index in [0.717, 1.165) is 28.6 Å². The smallest absolute Gasteiger partial charge is 0.238 e. The molecule has 0 aliphatic carbocycles. The highest BCUT2D eigenvalue weighted by atomic mass is 16.3. The van der Waals surface area contributed by atoms with E-state index in [2.05, 4.69) is 21.2 Å². The molecule has 2 aromatic heterocycles. The predicted octanol–water partition coefficient (Wildman–Crippen LogP) is 2.31. The third-order valence-corrected chi connectivity index (χ3v) is 4.85. The summed E-state index contributed by atoms with van der Waals surface area (Å²) in [6.07, 6.45) is 4.34. The number of hydrazine groups is 1. The first-order valence-electron chi connectivity index (χ1n) is 9.05. The molecule has 27 heavy (non-hydrogen) atoms. The number of benzene rings is 1. The number of para-hydroxylation sites is 1. The van der Waals surface area contributed by atoms with E-state index >= 15 is 0 Å². The fraction of sp³-hybridized carbons (Fsp3) is 0.300. The van der Waals surface area contributed by atoms with Crippen LogP contribution in [0.4, 0.5) is 0 Å². The summed E-state index contributed by atoms with van der Waals surface area (Å²) in [5, 5.41) is 3.03. The quantitative estimate of drug-likeness (QED) is 0.646. The summed E-state index contributed by atoms with van der Waals surface area (Å²) in [6, 6.07) is 11.6. The van der Waals surface area contributed by atoms with Gasteiger partial charge in [0.2, 0.25) is 5.91 Å². The van der Waals surface area contributed by atoms with Crippen LogP contribution >= 0.6 is 0 Å².